The number of carbonyl (C=O) groups excluding carboxylic acids is 1. The number of esters is 1. The molecule has 94 valence electrons. The summed E-state index contributed by atoms with van der Waals surface area (Å²) in [6, 6.07) is 0. The Balaban J connectivity index is 3.08. The molecule has 0 N–H and O–H groups in total. The van der Waals surface area contributed by atoms with Crippen LogP contribution in [0.2, 0.25) is 0 Å². The van der Waals surface area contributed by atoms with Crippen molar-refractivity contribution in [1.29, 1.82) is 0 Å². The molecule has 0 heterocycles. The van der Waals surface area contributed by atoms with Gasteiger partial charge < -0.3 is 4.74 Å². The van der Waals surface area contributed by atoms with Gasteiger partial charge in [0.15, 0.2) is 0 Å². The van der Waals surface area contributed by atoms with Gasteiger partial charge >= 0.3 is 5.97 Å². The fraction of sp³-hybridized carbons (Fsp3) is 0.929. The third-order valence-corrected chi connectivity index (χ3v) is 4.79. The molecule has 16 heavy (non-hydrogen) atoms. The van der Waals surface area contributed by atoms with E-state index in [0.717, 1.165) is 6.42 Å². The fourth-order valence-corrected chi connectivity index (χ4v) is 2.89. The first kappa shape index (κ1) is 13.5. The van der Waals surface area contributed by atoms with E-state index in [4.69, 9.17) is 4.74 Å². The molecule has 1 aliphatic rings. The SMILES string of the molecule is CC(=O)OC1C(C)(C)CCC(C)(C)C1(C)C. The molecule has 0 aromatic rings. The molecule has 1 atom stereocenters. The fourth-order valence-electron chi connectivity index (χ4n) is 2.89. The van der Waals surface area contributed by atoms with Gasteiger partial charge in [-0.1, -0.05) is 41.5 Å². The molecule has 1 rings (SSSR count). The Labute approximate surface area is 99.8 Å². The minimum absolute atomic E-state index is 0.00116. The van der Waals surface area contributed by atoms with Crippen molar-refractivity contribution in [2.24, 2.45) is 16.2 Å². The van der Waals surface area contributed by atoms with Crippen LogP contribution >= 0.6 is 0 Å². The molecule has 1 unspecified atom stereocenters. The molecule has 0 spiro atoms. The Morgan fingerprint density at radius 3 is 2.00 bits per heavy atom. The lowest BCUT2D eigenvalue weighted by Gasteiger charge is -2.56. The maximum Gasteiger partial charge on any atom is 0.302 e. The topological polar surface area (TPSA) is 26.3 Å². The zero-order valence-corrected chi connectivity index (χ0v) is 11.8. The van der Waals surface area contributed by atoms with E-state index in [9.17, 15) is 4.79 Å². The second-order valence-electron chi connectivity index (χ2n) is 7.08. The lowest BCUT2D eigenvalue weighted by Crippen LogP contribution is -2.55. The normalized spacial score (nSPS) is 30.8. The van der Waals surface area contributed by atoms with Crippen molar-refractivity contribution in [2.45, 2.75) is 67.4 Å². The van der Waals surface area contributed by atoms with E-state index in [-0.39, 0.29) is 28.3 Å². The number of carbonyl (C=O) groups is 1. The molecule has 0 radical (unpaired) electrons. The van der Waals surface area contributed by atoms with E-state index < -0.39 is 0 Å². The van der Waals surface area contributed by atoms with E-state index >= 15 is 0 Å². The van der Waals surface area contributed by atoms with Gasteiger partial charge in [0.1, 0.15) is 6.10 Å². The first-order chi connectivity index (χ1) is 7.01. The lowest BCUT2D eigenvalue weighted by atomic mass is 9.51. The zero-order chi connectivity index (χ0) is 12.8. The lowest BCUT2D eigenvalue weighted by molar-refractivity contribution is -0.187. The van der Waals surface area contributed by atoms with E-state index in [1.165, 1.54) is 13.3 Å². The number of hydrogen-bond acceptors (Lipinski definition) is 2. The monoisotopic (exact) mass is 226 g/mol. The molecule has 1 fully saturated rings. The zero-order valence-electron chi connectivity index (χ0n) is 11.8. The number of hydrogen-bond donors (Lipinski definition) is 0. The summed E-state index contributed by atoms with van der Waals surface area (Å²) in [4.78, 5) is 11.3. The number of rotatable bonds is 1. The van der Waals surface area contributed by atoms with Crippen LogP contribution in [0, 0.1) is 16.2 Å². The largest absolute Gasteiger partial charge is 0.461 e. The van der Waals surface area contributed by atoms with Crippen molar-refractivity contribution in [3.05, 3.63) is 0 Å². The molecule has 2 heteroatoms. The molecule has 1 saturated carbocycles. The summed E-state index contributed by atoms with van der Waals surface area (Å²) in [5.41, 5.74) is 0.299. The van der Waals surface area contributed by atoms with Gasteiger partial charge in [0, 0.05) is 17.8 Å². The van der Waals surface area contributed by atoms with Crippen molar-refractivity contribution in [3.63, 3.8) is 0 Å². The second kappa shape index (κ2) is 3.75. The van der Waals surface area contributed by atoms with Crippen LogP contribution in [0.4, 0.5) is 0 Å². The summed E-state index contributed by atoms with van der Waals surface area (Å²) in [7, 11) is 0. The third kappa shape index (κ3) is 2.11. The minimum Gasteiger partial charge on any atom is -0.461 e. The molecule has 0 bridgehead atoms. The minimum atomic E-state index is -0.163. The van der Waals surface area contributed by atoms with Crippen molar-refractivity contribution >= 4 is 5.97 Å². The quantitative estimate of drug-likeness (QED) is 0.636. The average molecular weight is 226 g/mol. The smallest absolute Gasteiger partial charge is 0.302 e. The molecule has 0 amide bonds. The van der Waals surface area contributed by atoms with Crippen molar-refractivity contribution in [2.75, 3.05) is 0 Å². The summed E-state index contributed by atoms with van der Waals surface area (Å²) in [6.45, 7) is 14.9. The van der Waals surface area contributed by atoms with E-state index in [2.05, 4.69) is 41.5 Å². The van der Waals surface area contributed by atoms with Crippen molar-refractivity contribution in [1.82, 2.24) is 0 Å². The second-order valence-corrected chi connectivity index (χ2v) is 7.08. The Bertz CT molecular complexity index is 287. The maximum atomic E-state index is 11.3. The summed E-state index contributed by atoms with van der Waals surface area (Å²) in [5, 5.41) is 0. The maximum absolute atomic E-state index is 11.3. The summed E-state index contributed by atoms with van der Waals surface area (Å²) >= 11 is 0. The predicted molar refractivity (Wildman–Crippen MR) is 66.1 cm³/mol. The Morgan fingerprint density at radius 2 is 1.56 bits per heavy atom. The predicted octanol–water partition coefficient (Wildman–Crippen LogP) is 3.79. The molecular formula is C14H26O2. The van der Waals surface area contributed by atoms with Gasteiger partial charge in [-0.25, -0.2) is 0 Å². The highest BCUT2D eigenvalue weighted by molar-refractivity contribution is 5.66. The molecule has 1 aliphatic carbocycles. The van der Waals surface area contributed by atoms with E-state index in [1.54, 1.807) is 0 Å². The molecule has 0 aromatic carbocycles. The van der Waals surface area contributed by atoms with E-state index in [0.29, 0.717) is 0 Å². The van der Waals surface area contributed by atoms with Crippen LogP contribution in [-0.2, 0) is 9.53 Å². The first-order valence-corrected chi connectivity index (χ1v) is 6.18. The van der Waals surface area contributed by atoms with Crippen LogP contribution < -0.4 is 0 Å². The Morgan fingerprint density at radius 1 is 1.06 bits per heavy atom. The van der Waals surface area contributed by atoms with Crippen molar-refractivity contribution in [3.8, 4) is 0 Å². The number of ether oxygens (including phenoxy) is 1. The molecule has 0 aromatic heterocycles. The van der Waals surface area contributed by atoms with Gasteiger partial charge in [-0.15, -0.1) is 0 Å². The van der Waals surface area contributed by atoms with Gasteiger partial charge in [0.25, 0.3) is 0 Å². The van der Waals surface area contributed by atoms with E-state index in [1.807, 2.05) is 0 Å². The summed E-state index contributed by atoms with van der Waals surface area (Å²) < 4.78 is 5.62. The highest BCUT2D eigenvalue weighted by atomic mass is 16.5. The first-order valence-electron chi connectivity index (χ1n) is 6.18. The van der Waals surface area contributed by atoms with Gasteiger partial charge in [0.2, 0.25) is 0 Å². The van der Waals surface area contributed by atoms with Crippen molar-refractivity contribution < 1.29 is 9.53 Å². The van der Waals surface area contributed by atoms with Crippen LogP contribution in [0.3, 0.4) is 0 Å². The summed E-state index contributed by atoms with van der Waals surface area (Å²) in [5.74, 6) is -0.163. The molecular weight excluding hydrogens is 200 g/mol. The van der Waals surface area contributed by atoms with Gasteiger partial charge in [-0.2, -0.15) is 0 Å². The highest BCUT2D eigenvalue weighted by Gasteiger charge is 2.54. The van der Waals surface area contributed by atoms with Gasteiger partial charge in [0.05, 0.1) is 0 Å². The molecule has 0 saturated heterocycles. The standard InChI is InChI=1S/C14H26O2/c1-10(15)16-11-12(2,3)8-9-13(4,5)14(11,6)7/h11H,8-9H2,1-7H3. The summed E-state index contributed by atoms with van der Waals surface area (Å²) in [6.07, 6.45) is 2.30. The van der Waals surface area contributed by atoms with Gasteiger partial charge in [-0.05, 0) is 18.3 Å². The van der Waals surface area contributed by atoms with Crippen LogP contribution in [0.1, 0.15) is 61.3 Å². The molecule has 2 nitrogen and oxygen atoms in total. The van der Waals surface area contributed by atoms with Crippen LogP contribution in [0.25, 0.3) is 0 Å². The average Bonchev–Trinajstić information content (AvgIpc) is 2.08. The van der Waals surface area contributed by atoms with Crippen LogP contribution in [0.15, 0.2) is 0 Å². The molecule has 0 aliphatic heterocycles. The Kier molecular flexibility index (Phi) is 3.17. The van der Waals surface area contributed by atoms with Crippen LogP contribution in [0.5, 0.6) is 0 Å². The van der Waals surface area contributed by atoms with Crippen LogP contribution in [-0.4, -0.2) is 12.1 Å². The highest BCUT2D eigenvalue weighted by Crippen LogP contribution is 2.57. The Hall–Kier alpha value is -0.530. The third-order valence-electron chi connectivity index (χ3n) is 4.79. The van der Waals surface area contributed by atoms with Gasteiger partial charge in [-0.3, -0.25) is 4.79 Å².